The second-order valence-corrected chi connectivity index (χ2v) is 3.25. The molecule has 0 bridgehead atoms. The predicted molar refractivity (Wildman–Crippen MR) is 57.7 cm³/mol. The number of anilines is 2. The van der Waals surface area contributed by atoms with Crippen LogP contribution in [0.1, 0.15) is 11.7 Å². The van der Waals surface area contributed by atoms with Crippen molar-refractivity contribution < 1.29 is 4.52 Å². The maximum absolute atomic E-state index is 5.46. The monoisotopic (exact) mass is 220 g/mol. The first-order valence-corrected chi connectivity index (χ1v) is 4.84. The Labute approximate surface area is 92.1 Å². The summed E-state index contributed by atoms with van der Waals surface area (Å²) >= 11 is 0. The Morgan fingerprint density at radius 3 is 2.75 bits per heavy atom. The lowest BCUT2D eigenvalue weighted by Crippen LogP contribution is -2.08. The molecule has 0 radical (unpaired) electrons. The zero-order chi connectivity index (χ0) is 11.4. The molecule has 2 heterocycles. The Morgan fingerprint density at radius 2 is 2.12 bits per heavy atom. The molecule has 2 aromatic heterocycles. The summed E-state index contributed by atoms with van der Waals surface area (Å²) in [7, 11) is 0. The van der Waals surface area contributed by atoms with Gasteiger partial charge in [0, 0.05) is 13.0 Å². The van der Waals surface area contributed by atoms with Gasteiger partial charge in [-0.05, 0) is 6.92 Å². The van der Waals surface area contributed by atoms with Crippen LogP contribution in [0.15, 0.2) is 16.9 Å². The van der Waals surface area contributed by atoms with E-state index in [-0.39, 0.29) is 0 Å². The molecule has 0 amide bonds. The summed E-state index contributed by atoms with van der Waals surface area (Å²) in [6.45, 7) is 2.41. The van der Waals surface area contributed by atoms with E-state index in [4.69, 9.17) is 10.3 Å². The first kappa shape index (κ1) is 10.3. The van der Waals surface area contributed by atoms with Crippen molar-refractivity contribution >= 4 is 11.6 Å². The molecule has 16 heavy (non-hydrogen) atoms. The van der Waals surface area contributed by atoms with Crippen LogP contribution >= 0.6 is 0 Å². The fraction of sp³-hybridized carbons (Fsp3) is 0.333. The average Bonchev–Trinajstić information content (AvgIpc) is 2.67. The molecular formula is C9H12N6O. The van der Waals surface area contributed by atoms with Crippen LogP contribution in [0.2, 0.25) is 0 Å². The molecule has 0 saturated heterocycles. The van der Waals surface area contributed by atoms with Crippen molar-refractivity contribution in [2.75, 3.05) is 17.6 Å². The van der Waals surface area contributed by atoms with Crippen LogP contribution in [-0.2, 0) is 6.42 Å². The minimum Gasteiger partial charge on any atom is -0.396 e. The van der Waals surface area contributed by atoms with E-state index >= 15 is 0 Å². The van der Waals surface area contributed by atoms with E-state index in [0.717, 1.165) is 0 Å². The van der Waals surface area contributed by atoms with Gasteiger partial charge in [-0.2, -0.15) is 4.98 Å². The van der Waals surface area contributed by atoms with E-state index in [9.17, 15) is 0 Å². The molecular weight excluding hydrogens is 208 g/mol. The van der Waals surface area contributed by atoms with Gasteiger partial charge in [-0.1, -0.05) is 5.16 Å². The molecule has 2 rings (SSSR count). The highest BCUT2D eigenvalue weighted by Crippen LogP contribution is 2.01. The highest BCUT2D eigenvalue weighted by Gasteiger charge is 2.02. The van der Waals surface area contributed by atoms with E-state index in [1.165, 1.54) is 0 Å². The molecule has 0 saturated carbocycles. The zero-order valence-corrected chi connectivity index (χ0v) is 8.84. The van der Waals surface area contributed by atoms with Crippen molar-refractivity contribution in [2.24, 2.45) is 0 Å². The van der Waals surface area contributed by atoms with Gasteiger partial charge in [0.2, 0.25) is 11.8 Å². The number of hydrogen-bond donors (Lipinski definition) is 2. The second kappa shape index (κ2) is 4.56. The van der Waals surface area contributed by atoms with Crippen LogP contribution in [-0.4, -0.2) is 26.7 Å². The Morgan fingerprint density at radius 1 is 1.38 bits per heavy atom. The number of rotatable bonds is 4. The minimum atomic E-state index is 0.533. The molecule has 7 nitrogen and oxygen atoms in total. The van der Waals surface area contributed by atoms with Crippen molar-refractivity contribution in [3.05, 3.63) is 24.1 Å². The molecule has 0 aliphatic heterocycles. The van der Waals surface area contributed by atoms with Crippen molar-refractivity contribution in [3.8, 4) is 0 Å². The van der Waals surface area contributed by atoms with Crippen molar-refractivity contribution in [3.63, 3.8) is 0 Å². The summed E-state index contributed by atoms with van der Waals surface area (Å²) in [6.07, 6.45) is 3.73. The topological polar surface area (TPSA) is 103 Å². The Bertz CT molecular complexity index is 451. The summed E-state index contributed by atoms with van der Waals surface area (Å²) in [5.41, 5.74) is 6.00. The highest BCUT2D eigenvalue weighted by molar-refractivity contribution is 5.35. The minimum absolute atomic E-state index is 0.533. The summed E-state index contributed by atoms with van der Waals surface area (Å²) in [4.78, 5) is 12.1. The Kier molecular flexibility index (Phi) is 2.95. The smallest absolute Gasteiger partial charge is 0.228 e. The normalized spacial score (nSPS) is 10.3. The maximum Gasteiger partial charge on any atom is 0.228 e. The number of nitrogen functional groups attached to an aromatic ring is 1. The molecule has 0 aromatic carbocycles. The molecule has 2 aromatic rings. The lowest BCUT2D eigenvalue weighted by atomic mass is 10.4. The lowest BCUT2D eigenvalue weighted by Gasteiger charge is -2.01. The van der Waals surface area contributed by atoms with Crippen LogP contribution in [0, 0.1) is 6.92 Å². The van der Waals surface area contributed by atoms with Gasteiger partial charge in [-0.3, -0.25) is 0 Å². The average molecular weight is 220 g/mol. The van der Waals surface area contributed by atoms with Gasteiger partial charge in [0.25, 0.3) is 0 Å². The van der Waals surface area contributed by atoms with Crippen LogP contribution in [0.3, 0.4) is 0 Å². The van der Waals surface area contributed by atoms with Crippen molar-refractivity contribution in [1.29, 1.82) is 0 Å². The third-order valence-electron chi connectivity index (χ3n) is 1.86. The number of aromatic nitrogens is 4. The van der Waals surface area contributed by atoms with Gasteiger partial charge in [0.15, 0.2) is 5.82 Å². The van der Waals surface area contributed by atoms with Gasteiger partial charge < -0.3 is 15.6 Å². The number of aryl methyl sites for hydroxylation is 1. The largest absolute Gasteiger partial charge is 0.396 e. The van der Waals surface area contributed by atoms with Crippen molar-refractivity contribution in [1.82, 2.24) is 20.1 Å². The van der Waals surface area contributed by atoms with Gasteiger partial charge in [0.1, 0.15) is 0 Å². The Balaban J connectivity index is 1.82. The van der Waals surface area contributed by atoms with Crippen LogP contribution < -0.4 is 11.1 Å². The van der Waals surface area contributed by atoms with Gasteiger partial charge >= 0.3 is 0 Å². The number of nitrogens with zero attached hydrogens (tertiary/aromatic N) is 4. The van der Waals surface area contributed by atoms with E-state index in [0.29, 0.717) is 36.3 Å². The van der Waals surface area contributed by atoms with E-state index in [1.54, 1.807) is 19.3 Å². The second-order valence-electron chi connectivity index (χ2n) is 3.25. The molecule has 84 valence electrons. The predicted octanol–water partition coefficient (Wildman–Crippen LogP) is 0.405. The zero-order valence-electron chi connectivity index (χ0n) is 8.84. The maximum atomic E-state index is 5.46. The van der Waals surface area contributed by atoms with E-state index in [1.807, 2.05) is 0 Å². The quantitative estimate of drug-likeness (QED) is 0.768. The molecule has 3 N–H and O–H groups in total. The third-order valence-corrected chi connectivity index (χ3v) is 1.86. The Hall–Kier alpha value is -2.18. The lowest BCUT2D eigenvalue weighted by molar-refractivity contribution is 0.377. The first-order chi connectivity index (χ1) is 7.74. The third kappa shape index (κ3) is 2.66. The standard InChI is InChI=1S/C9H12N6O/c1-6-14-8(16-15-6)2-3-11-9-12-4-7(10)5-13-9/h4-5H,2-3,10H2,1H3,(H,11,12,13). The summed E-state index contributed by atoms with van der Waals surface area (Å²) < 4.78 is 4.96. The highest BCUT2D eigenvalue weighted by atomic mass is 16.5. The van der Waals surface area contributed by atoms with Crippen molar-refractivity contribution in [2.45, 2.75) is 13.3 Å². The number of hydrogen-bond acceptors (Lipinski definition) is 7. The number of nitrogens with one attached hydrogen (secondary N) is 1. The summed E-state index contributed by atoms with van der Waals surface area (Å²) in [6, 6.07) is 0. The first-order valence-electron chi connectivity index (χ1n) is 4.84. The SMILES string of the molecule is Cc1noc(CCNc2ncc(N)cn2)n1. The van der Waals surface area contributed by atoms with Crippen LogP contribution in [0.4, 0.5) is 11.6 Å². The molecule has 0 atom stereocenters. The molecule has 0 aliphatic carbocycles. The molecule has 0 spiro atoms. The van der Waals surface area contributed by atoms with Gasteiger partial charge in [-0.15, -0.1) is 0 Å². The molecule has 7 heteroatoms. The van der Waals surface area contributed by atoms with Gasteiger partial charge in [-0.25, -0.2) is 9.97 Å². The van der Waals surface area contributed by atoms with E-state index in [2.05, 4.69) is 25.4 Å². The molecule has 0 aliphatic rings. The molecule has 0 fully saturated rings. The van der Waals surface area contributed by atoms with Gasteiger partial charge in [0.05, 0.1) is 18.1 Å². The summed E-state index contributed by atoms with van der Waals surface area (Å²) in [5.74, 6) is 1.77. The van der Waals surface area contributed by atoms with Crippen LogP contribution in [0.25, 0.3) is 0 Å². The fourth-order valence-corrected chi connectivity index (χ4v) is 1.15. The molecule has 0 unspecified atom stereocenters. The van der Waals surface area contributed by atoms with Crippen LogP contribution in [0.5, 0.6) is 0 Å². The number of nitrogens with two attached hydrogens (primary N) is 1. The van der Waals surface area contributed by atoms with E-state index < -0.39 is 0 Å². The fourth-order valence-electron chi connectivity index (χ4n) is 1.15. The summed E-state index contributed by atoms with van der Waals surface area (Å²) in [5, 5.41) is 6.72.